The number of nitrogens with one attached hydrogen (secondary N) is 2. The lowest BCUT2D eigenvalue weighted by Gasteiger charge is -2.21. The molecule has 108 valence electrons. The average Bonchev–Trinajstić information content (AvgIpc) is 2.46. The van der Waals surface area contributed by atoms with Crippen molar-refractivity contribution in [3.05, 3.63) is 24.3 Å². The number of piperidine rings is 1. The highest BCUT2D eigenvalue weighted by atomic mass is 16.5. The first-order valence-electron chi connectivity index (χ1n) is 6.69. The predicted octanol–water partition coefficient (Wildman–Crippen LogP) is 0.489. The third kappa shape index (κ3) is 3.96. The maximum absolute atomic E-state index is 12.0. The molecule has 6 nitrogen and oxygen atoms in total. The van der Waals surface area contributed by atoms with Gasteiger partial charge in [-0.3, -0.25) is 9.59 Å². The summed E-state index contributed by atoms with van der Waals surface area (Å²) >= 11 is 0. The lowest BCUT2D eigenvalue weighted by Crippen LogP contribution is -2.38. The van der Waals surface area contributed by atoms with E-state index < -0.39 is 0 Å². The molecule has 6 heteroatoms. The van der Waals surface area contributed by atoms with Crippen molar-refractivity contribution in [2.75, 3.05) is 25.0 Å². The third-order valence-corrected chi connectivity index (χ3v) is 3.13. The van der Waals surface area contributed by atoms with Crippen molar-refractivity contribution in [2.45, 2.75) is 12.8 Å². The molecule has 1 aliphatic rings. The van der Waals surface area contributed by atoms with Crippen LogP contribution >= 0.6 is 0 Å². The summed E-state index contributed by atoms with van der Waals surface area (Å²) < 4.78 is 5.35. The maximum Gasteiger partial charge on any atom is 0.228 e. The molecule has 1 aromatic carbocycles. The van der Waals surface area contributed by atoms with E-state index in [4.69, 9.17) is 10.5 Å². The van der Waals surface area contributed by atoms with E-state index in [1.807, 2.05) is 0 Å². The minimum absolute atomic E-state index is 0.0677. The van der Waals surface area contributed by atoms with Gasteiger partial charge in [-0.15, -0.1) is 0 Å². The molecule has 20 heavy (non-hydrogen) atoms. The van der Waals surface area contributed by atoms with E-state index >= 15 is 0 Å². The van der Waals surface area contributed by atoms with E-state index in [9.17, 15) is 9.59 Å². The predicted molar refractivity (Wildman–Crippen MR) is 75.4 cm³/mol. The molecule has 1 atom stereocenters. The lowest BCUT2D eigenvalue weighted by molar-refractivity contribution is -0.129. The zero-order chi connectivity index (χ0) is 14.4. The number of carbonyl (C=O) groups is 2. The van der Waals surface area contributed by atoms with E-state index in [0.717, 1.165) is 0 Å². The van der Waals surface area contributed by atoms with Gasteiger partial charge in [0.15, 0.2) is 0 Å². The van der Waals surface area contributed by atoms with Crippen molar-refractivity contribution in [1.82, 2.24) is 5.32 Å². The highest BCUT2D eigenvalue weighted by Gasteiger charge is 2.25. The Morgan fingerprint density at radius 2 is 2.15 bits per heavy atom. The quantitative estimate of drug-likeness (QED) is 0.730. The van der Waals surface area contributed by atoms with Crippen LogP contribution in [0.5, 0.6) is 5.75 Å². The van der Waals surface area contributed by atoms with Gasteiger partial charge in [0.25, 0.3) is 0 Å². The van der Waals surface area contributed by atoms with Crippen LogP contribution in [0.25, 0.3) is 0 Å². The number of nitrogens with two attached hydrogens (primary N) is 1. The molecule has 0 bridgehead atoms. The first-order valence-corrected chi connectivity index (χ1v) is 6.69. The third-order valence-electron chi connectivity index (χ3n) is 3.13. The first-order chi connectivity index (χ1) is 9.69. The number of ether oxygens (including phenoxy) is 1. The fraction of sp³-hybridized carbons (Fsp3) is 0.429. The van der Waals surface area contributed by atoms with Gasteiger partial charge >= 0.3 is 0 Å². The standard InChI is InChI=1S/C14H19N3O3/c15-6-8-20-12-3-1-11(2-4-12)17-14(19)10-5-7-16-13(18)9-10/h1-4,10H,5-9,15H2,(H,16,18)(H,17,19). The van der Waals surface area contributed by atoms with Gasteiger partial charge in [-0.1, -0.05) is 0 Å². The van der Waals surface area contributed by atoms with Crippen molar-refractivity contribution in [3.8, 4) is 5.75 Å². The Balaban J connectivity index is 1.89. The molecule has 1 unspecified atom stereocenters. The van der Waals surface area contributed by atoms with E-state index in [1.54, 1.807) is 24.3 Å². The molecule has 1 fully saturated rings. The zero-order valence-electron chi connectivity index (χ0n) is 11.2. The summed E-state index contributed by atoms with van der Waals surface area (Å²) in [5, 5.41) is 5.53. The molecule has 2 amide bonds. The van der Waals surface area contributed by atoms with Gasteiger partial charge in [0.2, 0.25) is 11.8 Å². The van der Waals surface area contributed by atoms with Gasteiger partial charge in [0, 0.05) is 31.1 Å². The van der Waals surface area contributed by atoms with Crippen LogP contribution in [0.4, 0.5) is 5.69 Å². The fourth-order valence-electron chi connectivity index (χ4n) is 2.06. The lowest BCUT2D eigenvalue weighted by atomic mass is 9.96. The Hall–Kier alpha value is -2.08. The van der Waals surface area contributed by atoms with Crippen molar-refractivity contribution >= 4 is 17.5 Å². The monoisotopic (exact) mass is 277 g/mol. The van der Waals surface area contributed by atoms with Crippen LogP contribution in [0.3, 0.4) is 0 Å². The minimum atomic E-state index is -0.253. The highest BCUT2D eigenvalue weighted by molar-refractivity contribution is 5.95. The molecule has 1 heterocycles. The Kier molecular flexibility index (Phi) is 4.95. The van der Waals surface area contributed by atoms with Gasteiger partial charge in [-0.2, -0.15) is 0 Å². The average molecular weight is 277 g/mol. The molecule has 0 saturated carbocycles. The topological polar surface area (TPSA) is 93.4 Å². The Labute approximate surface area is 117 Å². The Morgan fingerprint density at radius 1 is 1.40 bits per heavy atom. The van der Waals surface area contributed by atoms with Crippen LogP contribution < -0.4 is 21.1 Å². The highest BCUT2D eigenvalue weighted by Crippen LogP contribution is 2.19. The number of hydrogen-bond acceptors (Lipinski definition) is 4. The van der Waals surface area contributed by atoms with Gasteiger partial charge < -0.3 is 21.1 Å². The second kappa shape index (κ2) is 6.91. The number of amides is 2. The van der Waals surface area contributed by atoms with Crippen LogP contribution in [0.1, 0.15) is 12.8 Å². The molecule has 0 aromatic heterocycles. The normalized spacial score (nSPS) is 18.2. The molecule has 1 aromatic rings. The van der Waals surface area contributed by atoms with Gasteiger partial charge in [0.1, 0.15) is 12.4 Å². The molecule has 2 rings (SSSR count). The van der Waals surface area contributed by atoms with Crippen LogP contribution in [0.15, 0.2) is 24.3 Å². The van der Waals surface area contributed by atoms with Crippen molar-refractivity contribution in [2.24, 2.45) is 11.7 Å². The Bertz CT molecular complexity index is 473. The van der Waals surface area contributed by atoms with E-state index in [2.05, 4.69) is 10.6 Å². The molecule has 0 radical (unpaired) electrons. The summed E-state index contributed by atoms with van der Waals surface area (Å²) in [7, 11) is 0. The number of benzene rings is 1. The first kappa shape index (κ1) is 14.3. The summed E-state index contributed by atoms with van der Waals surface area (Å²) in [6, 6.07) is 7.09. The molecular formula is C14H19N3O3. The number of anilines is 1. The number of rotatable bonds is 5. The molecular weight excluding hydrogens is 258 g/mol. The van der Waals surface area contributed by atoms with Crippen LogP contribution in [0, 0.1) is 5.92 Å². The van der Waals surface area contributed by atoms with Gasteiger partial charge in [-0.25, -0.2) is 0 Å². The van der Waals surface area contributed by atoms with Gasteiger partial charge in [0.05, 0.1) is 0 Å². The second-order valence-corrected chi connectivity index (χ2v) is 4.69. The Morgan fingerprint density at radius 3 is 2.80 bits per heavy atom. The van der Waals surface area contributed by atoms with Crippen molar-refractivity contribution in [1.29, 1.82) is 0 Å². The molecule has 1 aliphatic heterocycles. The molecule has 0 aliphatic carbocycles. The summed E-state index contributed by atoms with van der Waals surface area (Å²) in [5.74, 6) is 0.278. The molecule has 0 spiro atoms. The zero-order valence-corrected chi connectivity index (χ0v) is 11.2. The largest absolute Gasteiger partial charge is 0.492 e. The van der Waals surface area contributed by atoms with Crippen LogP contribution in [-0.4, -0.2) is 31.5 Å². The maximum atomic E-state index is 12.0. The van der Waals surface area contributed by atoms with Crippen molar-refractivity contribution < 1.29 is 14.3 Å². The van der Waals surface area contributed by atoms with Gasteiger partial charge in [-0.05, 0) is 30.7 Å². The van der Waals surface area contributed by atoms with Crippen LogP contribution in [0.2, 0.25) is 0 Å². The minimum Gasteiger partial charge on any atom is -0.492 e. The van der Waals surface area contributed by atoms with Crippen LogP contribution in [-0.2, 0) is 9.59 Å². The van der Waals surface area contributed by atoms with Crippen molar-refractivity contribution in [3.63, 3.8) is 0 Å². The number of hydrogen-bond donors (Lipinski definition) is 3. The summed E-state index contributed by atoms with van der Waals surface area (Å²) in [5.41, 5.74) is 6.05. The summed E-state index contributed by atoms with van der Waals surface area (Å²) in [4.78, 5) is 23.3. The smallest absolute Gasteiger partial charge is 0.228 e. The van der Waals surface area contributed by atoms with E-state index in [0.29, 0.717) is 37.6 Å². The molecule has 4 N–H and O–H groups in total. The second-order valence-electron chi connectivity index (χ2n) is 4.69. The summed E-state index contributed by atoms with van der Waals surface area (Å²) in [6.45, 7) is 1.48. The summed E-state index contributed by atoms with van der Waals surface area (Å²) in [6.07, 6.45) is 0.929. The molecule has 1 saturated heterocycles. The number of carbonyl (C=O) groups excluding carboxylic acids is 2. The van der Waals surface area contributed by atoms with E-state index in [-0.39, 0.29) is 24.2 Å². The van der Waals surface area contributed by atoms with E-state index in [1.165, 1.54) is 0 Å². The SMILES string of the molecule is NCCOc1ccc(NC(=O)C2CCNC(=O)C2)cc1. The fourth-order valence-corrected chi connectivity index (χ4v) is 2.06.